The number of hydrogen-bond donors (Lipinski definition) is 2. The molecule has 1 atom stereocenters. The molecule has 6 nitrogen and oxygen atoms in total. The third kappa shape index (κ3) is 3.17. The van der Waals surface area contributed by atoms with Crippen LogP contribution in [-0.2, 0) is 9.53 Å². The van der Waals surface area contributed by atoms with Crippen molar-refractivity contribution in [1.82, 2.24) is 10.6 Å². The van der Waals surface area contributed by atoms with Crippen molar-refractivity contribution < 1.29 is 19.1 Å². The van der Waals surface area contributed by atoms with Crippen LogP contribution in [0.2, 0.25) is 5.02 Å². The van der Waals surface area contributed by atoms with E-state index in [1.165, 1.54) is 7.11 Å². The highest BCUT2D eigenvalue weighted by Gasteiger charge is 2.33. The summed E-state index contributed by atoms with van der Waals surface area (Å²) in [5.41, 5.74) is 1.35. The van der Waals surface area contributed by atoms with Gasteiger partial charge in [-0.3, -0.25) is 0 Å². The van der Waals surface area contributed by atoms with Crippen molar-refractivity contribution in [3.8, 4) is 5.75 Å². The van der Waals surface area contributed by atoms with Gasteiger partial charge < -0.3 is 20.1 Å². The van der Waals surface area contributed by atoms with Gasteiger partial charge in [-0.2, -0.15) is 0 Å². The largest absolute Gasteiger partial charge is 0.496 e. The van der Waals surface area contributed by atoms with E-state index in [9.17, 15) is 9.59 Å². The molecule has 0 fully saturated rings. The van der Waals surface area contributed by atoms with Crippen molar-refractivity contribution in [2.75, 3.05) is 13.7 Å². The van der Waals surface area contributed by atoms with Crippen molar-refractivity contribution in [2.24, 2.45) is 0 Å². The lowest BCUT2D eigenvalue weighted by molar-refractivity contribution is -0.139. The van der Waals surface area contributed by atoms with E-state index in [0.29, 0.717) is 27.6 Å². The molecule has 118 valence electrons. The van der Waals surface area contributed by atoms with Gasteiger partial charge in [0, 0.05) is 16.3 Å². The molecule has 0 aliphatic carbocycles. The number of halogens is 1. The zero-order valence-corrected chi connectivity index (χ0v) is 13.3. The quantitative estimate of drug-likeness (QED) is 0.834. The maximum atomic E-state index is 12.2. The Morgan fingerprint density at radius 2 is 2.14 bits per heavy atom. The Kier molecular flexibility index (Phi) is 4.92. The first-order chi connectivity index (χ1) is 10.5. The summed E-state index contributed by atoms with van der Waals surface area (Å²) in [4.78, 5) is 24.0. The molecular formula is C15H17ClN2O4. The van der Waals surface area contributed by atoms with Gasteiger partial charge in [-0.1, -0.05) is 11.6 Å². The number of esters is 1. The van der Waals surface area contributed by atoms with E-state index in [1.54, 1.807) is 32.0 Å². The third-order valence-electron chi connectivity index (χ3n) is 3.27. The molecule has 0 spiro atoms. The molecule has 2 N–H and O–H groups in total. The number of methoxy groups -OCH3 is 1. The van der Waals surface area contributed by atoms with Crippen molar-refractivity contribution in [3.05, 3.63) is 40.1 Å². The Balaban J connectivity index is 2.55. The molecule has 1 aliphatic rings. The van der Waals surface area contributed by atoms with E-state index >= 15 is 0 Å². The Hall–Kier alpha value is -2.21. The highest BCUT2D eigenvalue weighted by atomic mass is 35.5. The van der Waals surface area contributed by atoms with Crippen molar-refractivity contribution in [2.45, 2.75) is 19.9 Å². The van der Waals surface area contributed by atoms with E-state index in [0.717, 1.165) is 0 Å². The van der Waals surface area contributed by atoms with Crippen LogP contribution in [0.4, 0.5) is 4.79 Å². The molecule has 22 heavy (non-hydrogen) atoms. The molecule has 1 unspecified atom stereocenters. The highest BCUT2D eigenvalue weighted by Crippen LogP contribution is 2.35. The summed E-state index contributed by atoms with van der Waals surface area (Å²) in [6.45, 7) is 3.61. The summed E-state index contributed by atoms with van der Waals surface area (Å²) in [6, 6.07) is 3.92. The number of benzene rings is 1. The number of carbonyl (C=O) groups excluding carboxylic acids is 2. The maximum absolute atomic E-state index is 12.2. The molecule has 2 amide bonds. The number of nitrogens with one attached hydrogen (secondary N) is 2. The van der Waals surface area contributed by atoms with E-state index in [1.807, 2.05) is 0 Å². The van der Waals surface area contributed by atoms with Gasteiger partial charge in [0.05, 0.1) is 25.3 Å². The van der Waals surface area contributed by atoms with Gasteiger partial charge in [-0.15, -0.1) is 0 Å². The second-order valence-corrected chi connectivity index (χ2v) is 5.11. The average Bonchev–Trinajstić information content (AvgIpc) is 2.46. The molecule has 1 aliphatic heterocycles. The second-order valence-electron chi connectivity index (χ2n) is 4.68. The van der Waals surface area contributed by atoms with E-state index < -0.39 is 18.0 Å². The van der Waals surface area contributed by atoms with Gasteiger partial charge in [0.2, 0.25) is 0 Å². The van der Waals surface area contributed by atoms with Gasteiger partial charge in [0.1, 0.15) is 5.75 Å². The molecule has 0 saturated heterocycles. The van der Waals surface area contributed by atoms with Crippen LogP contribution in [0, 0.1) is 0 Å². The van der Waals surface area contributed by atoms with Gasteiger partial charge >= 0.3 is 12.0 Å². The maximum Gasteiger partial charge on any atom is 0.338 e. The number of amides is 2. The smallest absolute Gasteiger partial charge is 0.338 e. The van der Waals surface area contributed by atoms with Crippen LogP contribution >= 0.6 is 11.6 Å². The summed E-state index contributed by atoms with van der Waals surface area (Å²) in [6.07, 6.45) is 0. The third-order valence-corrected chi connectivity index (χ3v) is 3.50. The molecule has 1 heterocycles. The predicted molar refractivity (Wildman–Crippen MR) is 81.7 cm³/mol. The number of allylic oxidation sites excluding steroid dienone is 1. The molecule has 1 aromatic rings. The first-order valence-electron chi connectivity index (χ1n) is 6.76. The van der Waals surface area contributed by atoms with Gasteiger partial charge in [0.15, 0.2) is 0 Å². The number of urea groups is 1. The van der Waals surface area contributed by atoms with Crippen LogP contribution < -0.4 is 15.4 Å². The van der Waals surface area contributed by atoms with Crippen LogP contribution in [-0.4, -0.2) is 25.7 Å². The first kappa shape index (κ1) is 16.2. The summed E-state index contributed by atoms with van der Waals surface area (Å²) in [7, 11) is 1.51. The fraction of sp³-hybridized carbons (Fsp3) is 0.333. The van der Waals surface area contributed by atoms with Crippen LogP contribution in [0.15, 0.2) is 29.5 Å². The normalized spacial score (nSPS) is 17.6. The molecule has 1 aromatic carbocycles. The molecular weight excluding hydrogens is 308 g/mol. The topological polar surface area (TPSA) is 76.7 Å². The standard InChI is InChI=1S/C15H17ClN2O4/c1-4-22-14(19)12-8(2)17-15(20)18-13(12)10-7-9(16)5-6-11(10)21-3/h5-7,13H,4H2,1-3H3,(H2,17,18,20). The van der Waals surface area contributed by atoms with Crippen LogP contribution in [0.1, 0.15) is 25.5 Å². The molecule has 0 radical (unpaired) electrons. The molecule has 0 aromatic heterocycles. The SMILES string of the molecule is CCOC(=O)C1=C(C)NC(=O)NC1c1cc(Cl)ccc1OC. The second kappa shape index (κ2) is 6.70. The molecule has 2 rings (SSSR count). The molecule has 0 saturated carbocycles. The minimum absolute atomic E-state index is 0.239. The summed E-state index contributed by atoms with van der Waals surface area (Å²) < 4.78 is 10.4. The number of hydrogen-bond acceptors (Lipinski definition) is 4. The Bertz CT molecular complexity index is 642. The first-order valence-corrected chi connectivity index (χ1v) is 7.14. The zero-order valence-electron chi connectivity index (χ0n) is 12.5. The van der Waals surface area contributed by atoms with Gasteiger partial charge in [-0.05, 0) is 32.0 Å². The van der Waals surface area contributed by atoms with E-state index in [4.69, 9.17) is 21.1 Å². The Morgan fingerprint density at radius 1 is 1.41 bits per heavy atom. The lowest BCUT2D eigenvalue weighted by Gasteiger charge is -2.29. The summed E-state index contributed by atoms with van der Waals surface area (Å²) in [5.74, 6) is 0.0192. The Morgan fingerprint density at radius 3 is 2.77 bits per heavy atom. The lowest BCUT2D eigenvalue weighted by atomic mass is 9.95. The van der Waals surface area contributed by atoms with Crippen molar-refractivity contribution in [1.29, 1.82) is 0 Å². The minimum atomic E-state index is -0.693. The Labute approximate surface area is 133 Å². The number of rotatable bonds is 4. The fourth-order valence-electron chi connectivity index (χ4n) is 2.34. The number of ether oxygens (including phenoxy) is 2. The van der Waals surface area contributed by atoms with E-state index in [-0.39, 0.29) is 6.61 Å². The van der Waals surface area contributed by atoms with Crippen LogP contribution in [0.5, 0.6) is 5.75 Å². The van der Waals surface area contributed by atoms with Crippen molar-refractivity contribution >= 4 is 23.6 Å². The zero-order chi connectivity index (χ0) is 16.3. The van der Waals surface area contributed by atoms with Gasteiger partial charge in [0.25, 0.3) is 0 Å². The van der Waals surface area contributed by atoms with Crippen LogP contribution in [0.25, 0.3) is 0 Å². The summed E-state index contributed by atoms with van der Waals surface area (Å²) in [5, 5.41) is 5.76. The monoisotopic (exact) mass is 324 g/mol. The fourth-order valence-corrected chi connectivity index (χ4v) is 2.52. The van der Waals surface area contributed by atoms with Gasteiger partial charge in [-0.25, -0.2) is 9.59 Å². The molecule has 0 bridgehead atoms. The number of carbonyl (C=O) groups is 2. The lowest BCUT2D eigenvalue weighted by Crippen LogP contribution is -2.45. The molecule has 7 heteroatoms. The van der Waals surface area contributed by atoms with Crippen LogP contribution in [0.3, 0.4) is 0 Å². The predicted octanol–water partition coefficient (Wildman–Crippen LogP) is 2.54. The van der Waals surface area contributed by atoms with E-state index in [2.05, 4.69) is 10.6 Å². The minimum Gasteiger partial charge on any atom is -0.496 e. The highest BCUT2D eigenvalue weighted by molar-refractivity contribution is 6.30. The summed E-state index contributed by atoms with van der Waals surface area (Å²) >= 11 is 6.04. The van der Waals surface area contributed by atoms with Crippen molar-refractivity contribution in [3.63, 3.8) is 0 Å². The average molecular weight is 325 g/mol.